The van der Waals surface area contributed by atoms with Gasteiger partial charge in [-0.15, -0.1) is 0 Å². The van der Waals surface area contributed by atoms with Crippen LogP contribution in [0.1, 0.15) is 17.0 Å². The van der Waals surface area contributed by atoms with Crippen LogP contribution in [-0.2, 0) is 4.79 Å². The van der Waals surface area contributed by atoms with E-state index in [4.69, 9.17) is 10.00 Å². The molecule has 0 fully saturated rings. The van der Waals surface area contributed by atoms with E-state index < -0.39 is 16.7 Å². The first kappa shape index (κ1) is 17.6. The first-order valence-electron chi connectivity index (χ1n) is 7.16. The number of carbonyl (C=O) groups is 1. The smallest absolute Gasteiger partial charge is 0.311 e. The molecule has 0 saturated carbocycles. The zero-order chi connectivity index (χ0) is 18.2. The molecule has 25 heavy (non-hydrogen) atoms. The Bertz CT molecular complexity index is 843. The van der Waals surface area contributed by atoms with Gasteiger partial charge in [-0.2, -0.15) is 10.4 Å². The van der Waals surface area contributed by atoms with Gasteiger partial charge in [0.2, 0.25) is 0 Å². The van der Waals surface area contributed by atoms with Crippen LogP contribution in [0.15, 0.2) is 53.6 Å². The molecule has 2 aromatic carbocycles. The molecule has 0 aliphatic rings. The molecule has 0 aliphatic heterocycles. The third-order valence-electron chi connectivity index (χ3n) is 3.31. The Kier molecular flexibility index (Phi) is 5.79. The fourth-order valence-corrected chi connectivity index (χ4v) is 2.09. The number of hydrazone groups is 1. The molecule has 0 aliphatic carbocycles. The van der Waals surface area contributed by atoms with E-state index in [2.05, 4.69) is 10.5 Å². The van der Waals surface area contributed by atoms with Gasteiger partial charge in [0.05, 0.1) is 24.3 Å². The van der Waals surface area contributed by atoms with Crippen LogP contribution in [0.5, 0.6) is 5.75 Å². The van der Waals surface area contributed by atoms with Crippen LogP contribution in [-0.4, -0.2) is 24.2 Å². The van der Waals surface area contributed by atoms with Gasteiger partial charge in [0.25, 0.3) is 5.91 Å². The quantitative estimate of drug-likeness (QED) is 0.493. The summed E-state index contributed by atoms with van der Waals surface area (Å²) < 4.78 is 4.91. The fourth-order valence-electron chi connectivity index (χ4n) is 2.09. The lowest BCUT2D eigenvalue weighted by Gasteiger charge is -2.07. The van der Waals surface area contributed by atoms with Crippen LogP contribution in [0.3, 0.4) is 0 Å². The number of hydrogen-bond acceptors (Lipinski definition) is 6. The van der Waals surface area contributed by atoms with Crippen molar-refractivity contribution >= 4 is 17.8 Å². The molecule has 0 bridgehead atoms. The SMILES string of the molecule is COc1ccc(/C=N\NC(=O)[C@@H](C#N)c2ccccc2)cc1[N+](=O)[O-]. The minimum absolute atomic E-state index is 0.125. The van der Waals surface area contributed by atoms with E-state index in [0.717, 1.165) is 0 Å². The molecule has 1 N–H and O–H groups in total. The number of nitrogens with one attached hydrogen (secondary N) is 1. The third-order valence-corrected chi connectivity index (χ3v) is 3.31. The highest BCUT2D eigenvalue weighted by atomic mass is 16.6. The molecule has 0 spiro atoms. The Balaban J connectivity index is 2.10. The van der Waals surface area contributed by atoms with Gasteiger partial charge in [-0.25, -0.2) is 5.43 Å². The van der Waals surface area contributed by atoms with Crippen LogP contribution < -0.4 is 10.2 Å². The first-order chi connectivity index (χ1) is 12.1. The van der Waals surface area contributed by atoms with Crippen LogP contribution in [0.25, 0.3) is 0 Å². The van der Waals surface area contributed by atoms with Crippen LogP contribution in [0, 0.1) is 21.4 Å². The molecule has 126 valence electrons. The van der Waals surface area contributed by atoms with Gasteiger partial charge in [0, 0.05) is 11.6 Å². The second-order valence-corrected chi connectivity index (χ2v) is 4.90. The summed E-state index contributed by atoms with van der Waals surface area (Å²) in [6, 6.07) is 14.8. The third kappa shape index (κ3) is 4.39. The average Bonchev–Trinajstić information content (AvgIpc) is 2.63. The van der Waals surface area contributed by atoms with Crippen LogP contribution in [0.4, 0.5) is 5.69 Å². The van der Waals surface area contributed by atoms with Crippen molar-refractivity contribution < 1.29 is 14.5 Å². The monoisotopic (exact) mass is 338 g/mol. The second-order valence-electron chi connectivity index (χ2n) is 4.90. The molecule has 2 rings (SSSR count). The van der Waals surface area contributed by atoms with E-state index in [9.17, 15) is 14.9 Å². The van der Waals surface area contributed by atoms with Crippen molar-refractivity contribution in [3.63, 3.8) is 0 Å². The molecule has 2 aromatic rings. The lowest BCUT2D eigenvalue weighted by atomic mass is 10.0. The summed E-state index contributed by atoms with van der Waals surface area (Å²) in [6.45, 7) is 0. The summed E-state index contributed by atoms with van der Waals surface area (Å²) in [7, 11) is 1.34. The predicted octanol–water partition coefficient (Wildman–Crippen LogP) is 2.36. The maximum absolute atomic E-state index is 12.1. The van der Waals surface area contributed by atoms with Crippen molar-refractivity contribution in [1.82, 2.24) is 5.43 Å². The first-order valence-corrected chi connectivity index (χ1v) is 7.16. The van der Waals surface area contributed by atoms with Crippen LogP contribution in [0.2, 0.25) is 0 Å². The van der Waals surface area contributed by atoms with Crippen molar-refractivity contribution in [1.29, 1.82) is 5.26 Å². The maximum atomic E-state index is 12.1. The number of nitro groups is 1. The predicted molar refractivity (Wildman–Crippen MR) is 90.2 cm³/mol. The van der Waals surface area contributed by atoms with E-state index in [0.29, 0.717) is 11.1 Å². The van der Waals surface area contributed by atoms with Crippen LogP contribution >= 0.6 is 0 Å². The van der Waals surface area contributed by atoms with Crippen molar-refractivity contribution in [2.24, 2.45) is 5.10 Å². The molecule has 8 heteroatoms. The Morgan fingerprint density at radius 2 is 2.08 bits per heavy atom. The zero-order valence-electron chi connectivity index (χ0n) is 13.2. The Morgan fingerprint density at radius 1 is 1.36 bits per heavy atom. The van der Waals surface area contributed by atoms with Gasteiger partial charge < -0.3 is 4.74 Å². The number of amides is 1. The second kappa shape index (κ2) is 8.21. The Hall–Kier alpha value is -3.73. The number of nitriles is 1. The van der Waals surface area contributed by atoms with Gasteiger partial charge in [-0.1, -0.05) is 30.3 Å². The van der Waals surface area contributed by atoms with Crippen molar-refractivity contribution in [2.75, 3.05) is 7.11 Å². The van der Waals surface area contributed by atoms with E-state index in [1.54, 1.807) is 36.4 Å². The molecule has 8 nitrogen and oxygen atoms in total. The standard InChI is InChI=1S/C17H14N4O4/c1-25-16-8-7-12(9-15(16)21(23)24)11-19-20-17(22)14(10-18)13-5-3-2-4-6-13/h2-9,11,14H,1H3,(H,20,22)/b19-11-/t14-/m0/s1. The van der Waals surface area contributed by atoms with Gasteiger partial charge in [-0.3, -0.25) is 14.9 Å². The van der Waals surface area contributed by atoms with Gasteiger partial charge >= 0.3 is 5.69 Å². The fraction of sp³-hybridized carbons (Fsp3) is 0.118. The highest BCUT2D eigenvalue weighted by Gasteiger charge is 2.19. The summed E-state index contributed by atoms with van der Waals surface area (Å²) >= 11 is 0. The molecule has 0 radical (unpaired) electrons. The number of ether oxygens (including phenoxy) is 1. The normalized spacial score (nSPS) is 11.5. The summed E-state index contributed by atoms with van der Waals surface area (Å²) in [4.78, 5) is 22.5. The Labute approximate surface area is 143 Å². The number of rotatable bonds is 6. The summed E-state index contributed by atoms with van der Waals surface area (Å²) in [6.07, 6.45) is 1.25. The van der Waals surface area contributed by atoms with Crippen molar-refractivity contribution in [3.8, 4) is 11.8 Å². The zero-order valence-corrected chi connectivity index (χ0v) is 13.2. The summed E-state index contributed by atoms with van der Waals surface area (Å²) in [5.41, 5.74) is 3.01. The van der Waals surface area contributed by atoms with E-state index in [1.807, 2.05) is 6.07 Å². The average molecular weight is 338 g/mol. The van der Waals surface area contributed by atoms with Crippen molar-refractivity contribution in [3.05, 3.63) is 69.8 Å². The number of benzene rings is 2. The maximum Gasteiger partial charge on any atom is 0.311 e. The Morgan fingerprint density at radius 3 is 2.68 bits per heavy atom. The van der Waals surface area contributed by atoms with E-state index in [1.165, 1.54) is 25.5 Å². The highest BCUT2D eigenvalue weighted by molar-refractivity contribution is 5.88. The lowest BCUT2D eigenvalue weighted by molar-refractivity contribution is -0.385. The van der Waals surface area contributed by atoms with Gasteiger partial charge in [0.15, 0.2) is 11.7 Å². The number of nitro benzene ring substituents is 1. The highest BCUT2D eigenvalue weighted by Crippen LogP contribution is 2.26. The van der Waals surface area contributed by atoms with Gasteiger partial charge in [0.1, 0.15) is 0 Å². The molecule has 0 saturated heterocycles. The minimum Gasteiger partial charge on any atom is -0.490 e. The summed E-state index contributed by atoms with van der Waals surface area (Å²) in [5, 5.41) is 23.9. The van der Waals surface area contributed by atoms with Gasteiger partial charge in [-0.05, 0) is 17.7 Å². The number of methoxy groups -OCH3 is 1. The number of nitrogens with zero attached hydrogens (tertiary/aromatic N) is 3. The molecular weight excluding hydrogens is 324 g/mol. The number of carbonyl (C=O) groups excluding carboxylic acids is 1. The van der Waals surface area contributed by atoms with E-state index in [-0.39, 0.29) is 11.4 Å². The molecule has 1 atom stereocenters. The summed E-state index contributed by atoms with van der Waals surface area (Å²) in [5.74, 6) is -1.46. The largest absolute Gasteiger partial charge is 0.490 e. The molecule has 0 heterocycles. The lowest BCUT2D eigenvalue weighted by Crippen LogP contribution is -2.24. The van der Waals surface area contributed by atoms with E-state index >= 15 is 0 Å². The molecule has 1 amide bonds. The minimum atomic E-state index is -0.997. The number of hydrogen-bond donors (Lipinski definition) is 1. The molecule has 0 unspecified atom stereocenters. The van der Waals surface area contributed by atoms with Crippen molar-refractivity contribution in [2.45, 2.75) is 5.92 Å². The molecular formula is C17H14N4O4. The molecule has 0 aromatic heterocycles. The topological polar surface area (TPSA) is 118 Å².